The molecule has 0 heteroatoms. The molecule has 0 aromatic heterocycles. The Labute approximate surface area is 120 Å². The maximum Gasteiger partial charge on any atom is -0.0319 e. The van der Waals surface area contributed by atoms with E-state index >= 15 is 0 Å². The first-order valence-electron chi connectivity index (χ1n) is 8.67. The molecule has 0 aromatic rings. The lowest BCUT2D eigenvalue weighted by Gasteiger charge is -2.37. The van der Waals surface area contributed by atoms with Gasteiger partial charge in [0.05, 0.1) is 0 Å². The summed E-state index contributed by atoms with van der Waals surface area (Å²) in [4.78, 5) is 0. The molecule has 3 aliphatic rings. The molecule has 0 saturated heterocycles. The fourth-order valence-electron chi connectivity index (χ4n) is 6.25. The lowest BCUT2D eigenvalue weighted by Crippen LogP contribution is -2.30. The molecule has 0 aromatic carbocycles. The molecule has 0 radical (unpaired) electrons. The summed E-state index contributed by atoms with van der Waals surface area (Å²) in [6.45, 7) is 14.8. The Balaban J connectivity index is 1.85. The van der Waals surface area contributed by atoms with Gasteiger partial charge in [-0.15, -0.1) is 0 Å². The molecule has 3 aliphatic carbocycles. The lowest BCUT2D eigenvalue weighted by atomic mass is 9.68. The van der Waals surface area contributed by atoms with Crippen LogP contribution < -0.4 is 0 Å². The van der Waals surface area contributed by atoms with Gasteiger partial charge in [-0.1, -0.05) is 41.5 Å². The van der Waals surface area contributed by atoms with Gasteiger partial charge in [-0.3, -0.25) is 0 Å². The van der Waals surface area contributed by atoms with E-state index in [9.17, 15) is 0 Å². The van der Waals surface area contributed by atoms with Gasteiger partial charge in [0.1, 0.15) is 0 Å². The normalized spacial score (nSPS) is 45.8. The van der Waals surface area contributed by atoms with E-state index in [2.05, 4.69) is 41.5 Å². The largest absolute Gasteiger partial charge is 0.0602 e. The third-order valence-electron chi connectivity index (χ3n) is 6.60. The molecule has 6 atom stereocenters. The van der Waals surface area contributed by atoms with Crippen molar-refractivity contribution in [3.8, 4) is 0 Å². The molecule has 19 heavy (non-hydrogen) atoms. The zero-order chi connectivity index (χ0) is 14.0. The topological polar surface area (TPSA) is 0 Å². The highest BCUT2D eigenvalue weighted by molar-refractivity contribution is 5.08. The van der Waals surface area contributed by atoms with Gasteiger partial charge in [0.15, 0.2) is 0 Å². The summed E-state index contributed by atoms with van der Waals surface area (Å²) >= 11 is 0. The van der Waals surface area contributed by atoms with Crippen molar-refractivity contribution in [3.63, 3.8) is 0 Å². The molecule has 3 fully saturated rings. The van der Waals surface area contributed by atoms with Crippen LogP contribution >= 0.6 is 0 Å². The zero-order valence-electron chi connectivity index (χ0n) is 14.0. The summed E-state index contributed by atoms with van der Waals surface area (Å²) in [6, 6.07) is 0. The Bertz CT molecular complexity index is 340. The first kappa shape index (κ1) is 14.0. The predicted molar refractivity (Wildman–Crippen MR) is 82.9 cm³/mol. The van der Waals surface area contributed by atoms with E-state index in [1.54, 1.807) is 19.3 Å². The van der Waals surface area contributed by atoms with E-state index in [1.165, 1.54) is 12.8 Å². The van der Waals surface area contributed by atoms with Crippen molar-refractivity contribution in [2.45, 2.75) is 73.6 Å². The van der Waals surface area contributed by atoms with Crippen molar-refractivity contribution in [2.24, 2.45) is 46.3 Å². The van der Waals surface area contributed by atoms with Crippen LogP contribution in [0.1, 0.15) is 73.6 Å². The second-order valence-electron chi connectivity index (χ2n) is 10.2. The Hall–Kier alpha value is 0. The molecular weight excluding hydrogens is 228 g/mol. The summed E-state index contributed by atoms with van der Waals surface area (Å²) in [5.74, 6) is 6.43. The van der Waals surface area contributed by atoms with Crippen LogP contribution in [0.2, 0.25) is 0 Å². The van der Waals surface area contributed by atoms with Crippen LogP contribution in [-0.2, 0) is 0 Å². The van der Waals surface area contributed by atoms with E-state index in [4.69, 9.17) is 0 Å². The molecule has 110 valence electrons. The number of rotatable bonds is 1. The summed E-state index contributed by atoms with van der Waals surface area (Å²) < 4.78 is 0. The van der Waals surface area contributed by atoms with Gasteiger partial charge in [-0.2, -0.15) is 0 Å². The minimum Gasteiger partial charge on any atom is -0.0602 e. The Morgan fingerprint density at radius 3 is 1.89 bits per heavy atom. The zero-order valence-corrected chi connectivity index (χ0v) is 14.0. The average Bonchev–Trinajstić information content (AvgIpc) is 2.84. The first-order valence-corrected chi connectivity index (χ1v) is 8.67. The van der Waals surface area contributed by atoms with Gasteiger partial charge in [-0.05, 0) is 78.4 Å². The summed E-state index contributed by atoms with van der Waals surface area (Å²) in [5, 5.41) is 0. The van der Waals surface area contributed by atoms with Crippen LogP contribution in [0, 0.1) is 46.3 Å². The second kappa shape index (κ2) is 4.25. The van der Waals surface area contributed by atoms with Crippen LogP contribution in [0.4, 0.5) is 0 Å². The molecule has 0 spiro atoms. The summed E-state index contributed by atoms with van der Waals surface area (Å²) in [7, 11) is 0. The van der Waals surface area contributed by atoms with Gasteiger partial charge in [0.25, 0.3) is 0 Å². The SMILES string of the molecule is CC(C)(C)CC1CC(C(C)(C)C)C2C3CCC(C3)C12. The first-order chi connectivity index (χ1) is 8.67. The number of fused-ring (bicyclic) bond motifs is 5. The molecule has 6 unspecified atom stereocenters. The van der Waals surface area contributed by atoms with Crippen molar-refractivity contribution in [2.75, 3.05) is 0 Å². The fraction of sp³-hybridized carbons (Fsp3) is 1.00. The third-order valence-corrected chi connectivity index (χ3v) is 6.60. The van der Waals surface area contributed by atoms with Gasteiger partial charge in [-0.25, -0.2) is 0 Å². The number of hydrogen-bond donors (Lipinski definition) is 0. The van der Waals surface area contributed by atoms with Gasteiger partial charge in [0, 0.05) is 0 Å². The van der Waals surface area contributed by atoms with Crippen LogP contribution in [0.5, 0.6) is 0 Å². The van der Waals surface area contributed by atoms with Crippen LogP contribution in [0.3, 0.4) is 0 Å². The molecule has 3 saturated carbocycles. The van der Waals surface area contributed by atoms with Gasteiger partial charge in [0.2, 0.25) is 0 Å². The monoisotopic (exact) mass is 262 g/mol. The molecule has 0 heterocycles. The summed E-state index contributed by atoms with van der Waals surface area (Å²) in [5.41, 5.74) is 1.05. The van der Waals surface area contributed by atoms with Crippen molar-refractivity contribution < 1.29 is 0 Å². The fourth-order valence-corrected chi connectivity index (χ4v) is 6.25. The van der Waals surface area contributed by atoms with E-state index < -0.39 is 0 Å². The Kier molecular flexibility index (Phi) is 3.12. The highest BCUT2D eigenvalue weighted by atomic mass is 14.6. The minimum absolute atomic E-state index is 0.518. The Morgan fingerprint density at radius 2 is 1.37 bits per heavy atom. The molecule has 0 N–H and O–H groups in total. The lowest BCUT2D eigenvalue weighted by molar-refractivity contribution is 0.116. The third kappa shape index (κ3) is 2.38. The number of hydrogen-bond acceptors (Lipinski definition) is 0. The van der Waals surface area contributed by atoms with Crippen LogP contribution in [-0.4, -0.2) is 0 Å². The molecule has 2 bridgehead atoms. The van der Waals surface area contributed by atoms with E-state index in [0.717, 1.165) is 35.5 Å². The second-order valence-corrected chi connectivity index (χ2v) is 10.2. The quantitative estimate of drug-likeness (QED) is 0.563. The highest BCUT2D eigenvalue weighted by Crippen LogP contribution is 2.66. The van der Waals surface area contributed by atoms with Crippen molar-refractivity contribution in [1.82, 2.24) is 0 Å². The average molecular weight is 262 g/mol. The van der Waals surface area contributed by atoms with Crippen molar-refractivity contribution >= 4 is 0 Å². The van der Waals surface area contributed by atoms with E-state index in [-0.39, 0.29) is 0 Å². The Morgan fingerprint density at radius 1 is 0.789 bits per heavy atom. The van der Waals surface area contributed by atoms with Gasteiger partial charge < -0.3 is 0 Å². The predicted octanol–water partition coefficient (Wildman–Crippen LogP) is 5.77. The maximum absolute atomic E-state index is 2.50. The molecule has 0 aliphatic heterocycles. The standard InChI is InChI=1S/C19H34/c1-18(2,3)11-14-10-15(19(4,5)6)17-13-8-7-12(9-13)16(14)17/h12-17H,7-11H2,1-6H3. The molecule has 0 amide bonds. The van der Waals surface area contributed by atoms with E-state index in [1.807, 2.05) is 0 Å². The highest BCUT2D eigenvalue weighted by Gasteiger charge is 2.59. The van der Waals surface area contributed by atoms with E-state index in [0.29, 0.717) is 10.8 Å². The van der Waals surface area contributed by atoms with Crippen molar-refractivity contribution in [1.29, 1.82) is 0 Å². The maximum atomic E-state index is 2.50. The van der Waals surface area contributed by atoms with Crippen molar-refractivity contribution in [3.05, 3.63) is 0 Å². The molecule has 0 nitrogen and oxygen atoms in total. The summed E-state index contributed by atoms with van der Waals surface area (Å²) in [6.07, 6.45) is 7.69. The molecular formula is C19H34. The smallest absolute Gasteiger partial charge is 0.0319 e. The van der Waals surface area contributed by atoms with Crippen LogP contribution in [0.25, 0.3) is 0 Å². The minimum atomic E-state index is 0.518. The van der Waals surface area contributed by atoms with Gasteiger partial charge >= 0.3 is 0 Å². The van der Waals surface area contributed by atoms with Crippen LogP contribution in [0.15, 0.2) is 0 Å². The molecule has 3 rings (SSSR count).